The second kappa shape index (κ2) is 5.10. The van der Waals surface area contributed by atoms with Gasteiger partial charge in [0.05, 0.1) is 0 Å². The van der Waals surface area contributed by atoms with Crippen LogP contribution < -0.4 is 11.1 Å². The third-order valence-electron chi connectivity index (χ3n) is 4.58. The molecule has 1 atom stereocenters. The lowest BCUT2D eigenvalue weighted by atomic mass is 9.73. The highest BCUT2D eigenvalue weighted by Gasteiger charge is 2.33. The van der Waals surface area contributed by atoms with Gasteiger partial charge in [0, 0.05) is 17.1 Å². The Morgan fingerprint density at radius 3 is 2.90 bits per heavy atom. The number of carbonyl (C=O) groups is 1. The molecule has 1 fully saturated rings. The molecule has 4 heteroatoms. The number of nitrogen functional groups attached to an aromatic ring is 1. The van der Waals surface area contributed by atoms with Crippen LogP contribution in [0.4, 0.5) is 5.69 Å². The van der Waals surface area contributed by atoms with Crippen molar-refractivity contribution in [2.75, 3.05) is 5.73 Å². The average molecular weight is 286 g/mol. The molecule has 112 valence electrons. The van der Waals surface area contributed by atoms with Crippen molar-refractivity contribution in [1.29, 1.82) is 0 Å². The van der Waals surface area contributed by atoms with Gasteiger partial charge in [-0.1, -0.05) is 26.7 Å². The number of rotatable bonds is 2. The van der Waals surface area contributed by atoms with Crippen LogP contribution in [0.25, 0.3) is 11.0 Å². The first kappa shape index (κ1) is 14.0. The van der Waals surface area contributed by atoms with Gasteiger partial charge in [-0.05, 0) is 42.5 Å². The Labute approximate surface area is 124 Å². The molecule has 0 bridgehead atoms. The highest BCUT2D eigenvalue weighted by Crippen LogP contribution is 2.35. The van der Waals surface area contributed by atoms with Gasteiger partial charge in [0.2, 0.25) is 0 Å². The van der Waals surface area contributed by atoms with E-state index in [2.05, 4.69) is 19.2 Å². The van der Waals surface area contributed by atoms with Gasteiger partial charge in [-0.15, -0.1) is 0 Å². The highest BCUT2D eigenvalue weighted by molar-refractivity contribution is 5.96. The van der Waals surface area contributed by atoms with Gasteiger partial charge in [-0.25, -0.2) is 0 Å². The summed E-state index contributed by atoms with van der Waals surface area (Å²) < 4.78 is 5.63. The topological polar surface area (TPSA) is 68.3 Å². The number of anilines is 1. The molecule has 21 heavy (non-hydrogen) atoms. The van der Waals surface area contributed by atoms with E-state index in [9.17, 15) is 4.79 Å². The number of furan rings is 1. The summed E-state index contributed by atoms with van der Waals surface area (Å²) in [6, 6.07) is 7.36. The maximum Gasteiger partial charge on any atom is 0.287 e. The molecule has 1 heterocycles. The van der Waals surface area contributed by atoms with Crippen LogP contribution in [-0.4, -0.2) is 11.9 Å². The van der Waals surface area contributed by atoms with Crippen LogP contribution in [0.1, 0.15) is 50.1 Å². The van der Waals surface area contributed by atoms with E-state index in [-0.39, 0.29) is 17.4 Å². The van der Waals surface area contributed by atoms with E-state index in [1.54, 1.807) is 18.2 Å². The van der Waals surface area contributed by atoms with Gasteiger partial charge in [-0.3, -0.25) is 4.79 Å². The van der Waals surface area contributed by atoms with E-state index in [1.165, 1.54) is 12.8 Å². The lowest BCUT2D eigenvalue weighted by Gasteiger charge is -2.38. The van der Waals surface area contributed by atoms with Crippen LogP contribution >= 0.6 is 0 Å². The Hall–Kier alpha value is -1.97. The van der Waals surface area contributed by atoms with Gasteiger partial charge in [0.1, 0.15) is 5.58 Å². The van der Waals surface area contributed by atoms with E-state index >= 15 is 0 Å². The minimum absolute atomic E-state index is 0.134. The highest BCUT2D eigenvalue weighted by atomic mass is 16.3. The fraction of sp³-hybridized carbons (Fsp3) is 0.471. The van der Waals surface area contributed by atoms with Crippen LogP contribution in [0.3, 0.4) is 0 Å². The Kier molecular flexibility index (Phi) is 3.40. The Morgan fingerprint density at radius 1 is 1.33 bits per heavy atom. The molecule has 0 spiro atoms. The molecule has 3 N–H and O–H groups in total. The van der Waals surface area contributed by atoms with Crippen molar-refractivity contribution in [3.05, 3.63) is 30.0 Å². The van der Waals surface area contributed by atoms with Crippen LogP contribution in [0.2, 0.25) is 0 Å². The van der Waals surface area contributed by atoms with Crippen molar-refractivity contribution in [3.63, 3.8) is 0 Å². The standard InChI is InChI=1S/C17H22N2O2/c1-17(2)8-4-3-5-15(17)19-16(20)14-10-11-9-12(18)6-7-13(11)21-14/h6-7,9-10,15H,3-5,8,18H2,1-2H3,(H,19,20). The van der Waals surface area contributed by atoms with Crippen molar-refractivity contribution in [1.82, 2.24) is 5.32 Å². The molecule has 1 unspecified atom stereocenters. The van der Waals surface area contributed by atoms with E-state index in [4.69, 9.17) is 10.2 Å². The van der Waals surface area contributed by atoms with Crippen LogP contribution in [0.15, 0.2) is 28.7 Å². The number of nitrogens with two attached hydrogens (primary N) is 1. The molecule has 1 aromatic heterocycles. The number of hydrogen-bond acceptors (Lipinski definition) is 3. The summed E-state index contributed by atoms with van der Waals surface area (Å²) in [6.45, 7) is 4.44. The van der Waals surface area contributed by atoms with Crippen molar-refractivity contribution < 1.29 is 9.21 Å². The molecule has 0 aliphatic heterocycles. The number of hydrogen-bond donors (Lipinski definition) is 2. The summed E-state index contributed by atoms with van der Waals surface area (Å²) in [5.41, 5.74) is 7.26. The molecular formula is C17H22N2O2. The number of fused-ring (bicyclic) bond motifs is 1. The maximum atomic E-state index is 12.4. The van der Waals surface area contributed by atoms with Crippen molar-refractivity contribution in [2.45, 2.75) is 45.6 Å². The molecule has 0 saturated heterocycles. The average Bonchev–Trinajstić information content (AvgIpc) is 2.84. The maximum absolute atomic E-state index is 12.4. The molecule has 1 amide bonds. The van der Waals surface area contributed by atoms with E-state index < -0.39 is 0 Å². The molecule has 2 aromatic rings. The molecule has 1 aliphatic rings. The third kappa shape index (κ3) is 2.75. The van der Waals surface area contributed by atoms with E-state index in [0.29, 0.717) is 17.0 Å². The number of amides is 1. The molecule has 0 radical (unpaired) electrons. The summed E-state index contributed by atoms with van der Waals surface area (Å²) in [7, 11) is 0. The number of nitrogens with one attached hydrogen (secondary N) is 1. The van der Waals surface area contributed by atoms with Crippen molar-refractivity contribution in [3.8, 4) is 0 Å². The Morgan fingerprint density at radius 2 is 2.14 bits per heavy atom. The van der Waals surface area contributed by atoms with Gasteiger partial charge in [0.15, 0.2) is 5.76 Å². The van der Waals surface area contributed by atoms with E-state index in [0.717, 1.165) is 18.2 Å². The summed E-state index contributed by atoms with van der Waals surface area (Å²) >= 11 is 0. The first-order valence-electron chi connectivity index (χ1n) is 7.56. The van der Waals surface area contributed by atoms with Gasteiger partial charge >= 0.3 is 0 Å². The predicted octanol–water partition coefficient (Wildman–Crippen LogP) is 3.71. The summed E-state index contributed by atoms with van der Waals surface area (Å²) in [5, 5.41) is 4.00. The lowest BCUT2D eigenvalue weighted by Crippen LogP contribution is -2.46. The normalized spacial score (nSPS) is 21.3. The zero-order valence-electron chi connectivity index (χ0n) is 12.6. The molecule has 3 rings (SSSR count). The molecule has 1 saturated carbocycles. The molecular weight excluding hydrogens is 264 g/mol. The number of carbonyl (C=O) groups excluding carboxylic acids is 1. The van der Waals surface area contributed by atoms with Crippen LogP contribution in [0.5, 0.6) is 0 Å². The zero-order valence-corrected chi connectivity index (χ0v) is 12.6. The summed E-state index contributed by atoms with van der Waals surface area (Å²) in [5.74, 6) is 0.224. The minimum Gasteiger partial charge on any atom is -0.451 e. The second-order valence-corrected chi connectivity index (χ2v) is 6.67. The minimum atomic E-state index is -0.134. The van der Waals surface area contributed by atoms with Gasteiger partial charge in [-0.2, -0.15) is 0 Å². The quantitative estimate of drug-likeness (QED) is 0.827. The second-order valence-electron chi connectivity index (χ2n) is 6.67. The first-order chi connectivity index (χ1) is 9.95. The largest absolute Gasteiger partial charge is 0.451 e. The first-order valence-corrected chi connectivity index (χ1v) is 7.56. The third-order valence-corrected chi connectivity index (χ3v) is 4.58. The molecule has 1 aromatic carbocycles. The SMILES string of the molecule is CC1(C)CCCCC1NC(=O)c1cc2cc(N)ccc2o1. The summed E-state index contributed by atoms with van der Waals surface area (Å²) in [6.07, 6.45) is 4.59. The smallest absolute Gasteiger partial charge is 0.287 e. The van der Waals surface area contributed by atoms with Crippen LogP contribution in [-0.2, 0) is 0 Å². The molecule has 1 aliphatic carbocycles. The zero-order chi connectivity index (χ0) is 15.0. The predicted molar refractivity (Wildman–Crippen MR) is 84.1 cm³/mol. The fourth-order valence-electron chi connectivity index (χ4n) is 3.16. The van der Waals surface area contributed by atoms with Gasteiger partial charge in [0.25, 0.3) is 5.91 Å². The van der Waals surface area contributed by atoms with Gasteiger partial charge < -0.3 is 15.5 Å². The fourth-order valence-corrected chi connectivity index (χ4v) is 3.16. The number of benzene rings is 1. The monoisotopic (exact) mass is 286 g/mol. The Bertz CT molecular complexity index is 672. The van der Waals surface area contributed by atoms with Crippen LogP contribution in [0, 0.1) is 5.41 Å². The van der Waals surface area contributed by atoms with Crippen molar-refractivity contribution >= 4 is 22.6 Å². The summed E-state index contributed by atoms with van der Waals surface area (Å²) in [4.78, 5) is 12.4. The Balaban J connectivity index is 1.80. The van der Waals surface area contributed by atoms with E-state index in [1.807, 2.05) is 6.07 Å². The molecule has 4 nitrogen and oxygen atoms in total. The van der Waals surface area contributed by atoms with Crippen molar-refractivity contribution in [2.24, 2.45) is 5.41 Å². The lowest BCUT2D eigenvalue weighted by molar-refractivity contribution is 0.0828.